The first-order chi connectivity index (χ1) is 15.2. The second-order valence-corrected chi connectivity index (χ2v) is 7.94. The molecular formula is C25H29N3O4. The first-order valence-electron chi connectivity index (χ1n) is 10.4. The predicted octanol–water partition coefficient (Wildman–Crippen LogP) is 4.34. The summed E-state index contributed by atoms with van der Waals surface area (Å²) in [6.07, 6.45) is 0. The van der Waals surface area contributed by atoms with Crippen LogP contribution in [0.15, 0.2) is 48.5 Å². The molecule has 0 atom stereocenters. The van der Waals surface area contributed by atoms with Crippen molar-refractivity contribution in [3.05, 3.63) is 71.0 Å². The van der Waals surface area contributed by atoms with Gasteiger partial charge in [0.05, 0.1) is 12.7 Å². The predicted molar refractivity (Wildman–Crippen MR) is 125 cm³/mol. The van der Waals surface area contributed by atoms with Gasteiger partial charge in [0.25, 0.3) is 11.8 Å². The second-order valence-electron chi connectivity index (χ2n) is 7.94. The Morgan fingerprint density at radius 1 is 1.06 bits per heavy atom. The second kappa shape index (κ2) is 9.60. The molecule has 0 fully saturated rings. The minimum Gasteiger partial charge on any atom is -0.493 e. The van der Waals surface area contributed by atoms with Crippen LogP contribution in [0, 0.1) is 13.8 Å². The highest BCUT2D eigenvalue weighted by molar-refractivity contribution is 6.05. The van der Waals surface area contributed by atoms with Gasteiger partial charge < -0.3 is 25.1 Å². The Morgan fingerprint density at radius 2 is 1.81 bits per heavy atom. The molecule has 32 heavy (non-hydrogen) atoms. The van der Waals surface area contributed by atoms with Crippen molar-refractivity contribution in [1.29, 1.82) is 0 Å². The lowest BCUT2D eigenvalue weighted by Gasteiger charge is -2.14. The van der Waals surface area contributed by atoms with Crippen LogP contribution in [0.25, 0.3) is 5.69 Å². The summed E-state index contributed by atoms with van der Waals surface area (Å²) in [4.78, 5) is 24.1. The molecule has 0 aliphatic carbocycles. The van der Waals surface area contributed by atoms with Gasteiger partial charge in [-0.25, -0.2) is 0 Å². The number of nitrogens with zero attached hydrogens (tertiary/aromatic N) is 1. The van der Waals surface area contributed by atoms with E-state index in [-0.39, 0.29) is 12.5 Å². The number of nitrogens with two attached hydrogens (primary N) is 1. The number of carbonyl (C=O) groups is 2. The van der Waals surface area contributed by atoms with Gasteiger partial charge >= 0.3 is 0 Å². The molecule has 0 bridgehead atoms. The van der Waals surface area contributed by atoms with Crippen LogP contribution in [-0.2, 0) is 4.79 Å². The molecule has 0 saturated heterocycles. The smallest absolute Gasteiger partial charge is 0.257 e. The number of methoxy groups -OCH3 is 1. The molecule has 0 saturated carbocycles. The van der Waals surface area contributed by atoms with E-state index < -0.39 is 5.91 Å². The highest BCUT2D eigenvalue weighted by Crippen LogP contribution is 2.31. The number of anilines is 1. The van der Waals surface area contributed by atoms with Crippen LogP contribution < -0.4 is 20.5 Å². The van der Waals surface area contributed by atoms with Gasteiger partial charge in [0.1, 0.15) is 0 Å². The number of nitrogens with one attached hydrogen (secondary N) is 1. The number of primary amides is 1. The van der Waals surface area contributed by atoms with E-state index in [9.17, 15) is 9.59 Å². The molecular weight excluding hydrogens is 406 g/mol. The number of aryl methyl sites for hydroxylation is 1. The Bertz CT molecular complexity index is 1150. The first kappa shape index (κ1) is 22.9. The van der Waals surface area contributed by atoms with Crippen molar-refractivity contribution < 1.29 is 19.1 Å². The monoisotopic (exact) mass is 435 g/mol. The van der Waals surface area contributed by atoms with Gasteiger partial charge in [-0.1, -0.05) is 26.0 Å². The van der Waals surface area contributed by atoms with Gasteiger partial charge in [0.15, 0.2) is 18.1 Å². The maximum atomic E-state index is 13.1. The number of hydrogen-bond donors (Lipinski definition) is 2. The number of benzene rings is 2. The average molecular weight is 436 g/mol. The number of rotatable bonds is 8. The largest absolute Gasteiger partial charge is 0.493 e. The van der Waals surface area contributed by atoms with Crippen LogP contribution in [0.1, 0.15) is 47.1 Å². The third-order valence-corrected chi connectivity index (χ3v) is 5.26. The third-order valence-electron chi connectivity index (χ3n) is 5.26. The quantitative estimate of drug-likeness (QED) is 0.550. The molecule has 1 aromatic heterocycles. The molecule has 3 N–H and O–H groups in total. The Labute approximate surface area is 188 Å². The zero-order valence-electron chi connectivity index (χ0n) is 19.1. The molecule has 0 aliphatic rings. The van der Waals surface area contributed by atoms with E-state index in [0.717, 1.165) is 17.1 Å². The summed E-state index contributed by atoms with van der Waals surface area (Å²) in [5.74, 6) is 0.327. The van der Waals surface area contributed by atoms with Crippen LogP contribution in [-0.4, -0.2) is 30.1 Å². The van der Waals surface area contributed by atoms with Crippen molar-refractivity contribution >= 4 is 17.5 Å². The van der Waals surface area contributed by atoms with Crippen molar-refractivity contribution in [1.82, 2.24) is 4.57 Å². The van der Waals surface area contributed by atoms with E-state index in [1.807, 2.05) is 32.0 Å². The number of ether oxygens (including phenoxy) is 2. The lowest BCUT2D eigenvalue weighted by molar-refractivity contribution is -0.119. The zero-order chi connectivity index (χ0) is 23.4. The molecule has 3 aromatic rings. The normalized spacial score (nSPS) is 10.8. The summed E-state index contributed by atoms with van der Waals surface area (Å²) in [5, 5.41) is 2.90. The average Bonchev–Trinajstić information content (AvgIpc) is 3.06. The van der Waals surface area contributed by atoms with Gasteiger partial charge in [0, 0.05) is 28.8 Å². The number of carbonyl (C=O) groups excluding carboxylic acids is 2. The molecule has 2 aromatic carbocycles. The summed E-state index contributed by atoms with van der Waals surface area (Å²) in [6.45, 7) is 7.94. The van der Waals surface area contributed by atoms with E-state index in [1.54, 1.807) is 18.2 Å². The molecule has 0 spiro atoms. The van der Waals surface area contributed by atoms with Gasteiger partial charge in [-0.15, -0.1) is 0 Å². The van der Waals surface area contributed by atoms with E-state index in [4.69, 9.17) is 15.2 Å². The van der Waals surface area contributed by atoms with Crippen molar-refractivity contribution in [2.24, 2.45) is 5.73 Å². The highest BCUT2D eigenvalue weighted by atomic mass is 16.5. The molecule has 2 amide bonds. The summed E-state index contributed by atoms with van der Waals surface area (Å²) < 4.78 is 12.7. The third kappa shape index (κ3) is 4.94. The summed E-state index contributed by atoms with van der Waals surface area (Å²) in [5.41, 5.74) is 10.3. The van der Waals surface area contributed by atoms with Crippen LogP contribution in [0.5, 0.6) is 11.5 Å². The van der Waals surface area contributed by atoms with E-state index in [1.165, 1.54) is 12.7 Å². The molecule has 0 aliphatic heterocycles. The summed E-state index contributed by atoms with van der Waals surface area (Å²) >= 11 is 0. The Balaban J connectivity index is 1.88. The molecule has 7 heteroatoms. The van der Waals surface area contributed by atoms with Crippen molar-refractivity contribution in [3.63, 3.8) is 0 Å². The van der Waals surface area contributed by atoms with Crippen molar-refractivity contribution in [3.8, 4) is 17.2 Å². The van der Waals surface area contributed by atoms with E-state index in [2.05, 4.69) is 35.9 Å². The first-order valence-corrected chi connectivity index (χ1v) is 10.4. The minimum atomic E-state index is -0.601. The summed E-state index contributed by atoms with van der Waals surface area (Å²) in [6, 6.07) is 15.2. The fraction of sp³-hybridized carbons (Fsp3) is 0.280. The molecule has 1 heterocycles. The van der Waals surface area contributed by atoms with Crippen LogP contribution in [0.4, 0.5) is 5.69 Å². The van der Waals surface area contributed by atoms with Crippen LogP contribution in [0.3, 0.4) is 0 Å². The zero-order valence-corrected chi connectivity index (χ0v) is 19.1. The maximum absolute atomic E-state index is 13.1. The molecule has 0 unspecified atom stereocenters. The van der Waals surface area contributed by atoms with E-state index in [0.29, 0.717) is 28.7 Å². The van der Waals surface area contributed by atoms with Gasteiger partial charge in [-0.3, -0.25) is 9.59 Å². The summed E-state index contributed by atoms with van der Waals surface area (Å²) in [7, 11) is 1.49. The van der Waals surface area contributed by atoms with Crippen molar-refractivity contribution in [2.45, 2.75) is 33.6 Å². The van der Waals surface area contributed by atoms with Crippen LogP contribution in [0.2, 0.25) is 0 Å². The molecule has 168 valence electrons. The maximum Gasteiger partial charge on any atom is 0.257 e. The van der Waals surface area contributed by atoms with Crippen molar-refractivity contribution in [2.75, 3.05) is 19.0 Å². The number of hydrogen-bond acceptors (Lipinski definition) is 4. The number of amides is 2. The van der Waals surface area contributed by atoms with Gasteiger partial charge in [-0.2, -0.15) is 0 Å². The standard InChI is InChI=1S/C25H29N3O4/c1-15(2)18-7-6-8-20(12-18)28-16(3)11-21(17(28)4)25(30)27-19-9-10-22(31-5)23(13-19)32-14-24(26)29/h6-13,15H,14H2,1-5H3,(H2,26,29)(H,27,30). The molecule has 3 rings (SSSR count). The van der Waals surface area contributed by atoms with Gasteiger partial charge in [0.2, 0.25) is 0 Å². The number of aromatic nitrogens is 1. The Kier molecular flexibility index (Phi) is 6.88. The fourth-order valence-corrected chi connectivity index (χ4v) is 3.63. The Hall–Kier alpha value is -3.74. The lowest BCUT2D eigenvalue weighted by atomic mass is 10.0. The fourth-order valence-electron chi connectivity index (χ4n) is 3.63. The minimum absolute atomic E-state index is 0.240. The Morgan fingerprint density at radius 3 is 2.47 bits per heavy atom. The lowest BCUT2D eigenvalue weighted by Crippen LogP contribution is -2.20. The van der Waals surface area contributed by atoms with E-state index >= 15 is 0 Å². The molecule has 7 nitrogen and oxygen atoms in total. The SMILES string of the molecule is COc1ccc(NC(=O)c2cc(C)n(-c3cccc(C(C)C)c3)c2C)cc1OCC(N)=O. The van der Waals surface area contributed by atoms with Gasteiger partial charge in [-0.05, 0) is 55.7 Å². The topological polar surface area (TPSA) is 95.6 Å². The molecule has 0 radical (unpaired) electrons. The highest BCUT2D eigenvalue weighted by Gasteiger charge is 2.18. The van der Waals surface area contributed by atoms with Crippen LogP contribution >= 0.6 is 0 Å².